The first kappa shape index (κ1) is 33.7. The molecule has 0 amide bonds. The molecule has 10 aromatic rings. The van der Waals surface area contributed by atoms with Crippen LogP contribution in [-0.2, 0) is 5.41 Å². The highest BCUT2D eigenvalue weighted by Gasteiger charge is 2.38. The highest BCUT2D eigenvalue weighted by atomic mass is 15.1. The summed E-state index contributed by atoms with van der Waals surface area (Å²) in [5.74, 6) is 0.939. The van der Waals surface area contributed by atoms with Crippen LogP contribution in [0.3, 0.4) is 0 Å². The third-order valence-electron chi connectivity index (χ3n) is 13.8. The maximum Gasteiger partial charge on any atom is 0.145 e. The molecule has 60 heavy (non-hydrogen) atoms. The molecule has 9 aromatic carbocycles. The molecule has 0 radical (unpaired) electrons. The summed E-state index contributed by atoms with van der Waals surface area (Å²) >= 11 is 0. The number of rotatable bonds is 4. The molecule has 0 N–H and O–H groups in total. The van der Waals surface area contributed by atoms with E-state index in [9.17, 15) is 0 Å². The lowest BCUT2D eigenvalue weighted by molar-refractivity contribution is 0.652. The van der Waals surface area contributed by atoms with Crippen LogP contribution in [0.5, 0.6) is 0 Å². The van der Waals surface area contributed by atoms with Crippen molar-refractivity contribution < 1.29 is 0 Å². The van der Waals surface area contributed by atoms with Crippen LogP contribution in [0.15, 0.2) is 188 Å². The highest BCUT2D eigenvalue weighted by molar-refractivity contribution is 6.27. The van der Waals surface area contributed by atoms with Gasteiger partial charge in [0.15, 0.2) is 0 Å². The minimum atomic E-state index is -0.102. The molecule has 1 aromatic heterocycles. The van der Waals surface area contributed by atoms with Crippen LogP contribution in [0.1, 0.15) is 37.8 Å². The van der Waals surface area contributed by atoms with Gasteiger partial charge in [-0.05, 0) is 154 Å². The van der Waals surface area contributed by atoms with E-state index in [4.69, 9.17) is 4.98 Å². The summed E-state index contributed by atoms with van der Waals surface area (Å²) in [4.78, 5) is 5.29. The number of para-hydroxylation sites is 3. The smallest absolute Gasteiger partial charge is 0.145 e. The summed E-state index contributed by atoms with van der Waals surface area (Å²) in [7, 11) is 0. The SMILES string of the molecule is CC1(C)C2=C(CCC=C2)c2cc3c(-c4ccc5c6c(cccc46)-c4ccccc4-5)c4ccccc4c(-c4cccc(-c5nc6ccccc6n5-c5ccccc5)c4)c3cc21. The molecule has 0 spiro atoms. The van der Waals surface area contributed by atoms with Crippen molar-refractivity contribution in [3.63, 3.8) is 0 Å². The standard InChI is InChI=1S/C58H40N2/c1-58(2)50-27-11-10-22-40(50)47-33-48-49(34-51(47)58)54(35-16-14-17-36(32-35)57-59-52-28-12-13-29-53(52)60(57)37-18-4-3-5-19-37)42-23-8-9-24-43(42)56(48)46-31-30-45-39-21-7-6-20-38(39)41-25-15-26-44(46)55(41)45/h3-9,11-21,23-34H,10,22H2,1-2H3. The lowest BCUT2D eigenvalue weighted by Gasteiger charge is -2.25. The maximum atomic E-state index is 5.29. The number of aromatic nitrogens is 2. The Kier molecular flexibility index (Phi) is 6.94. The summed E-state index contributed by atoms with van der Waals surface area (Å²) in [6, 6.07) is 63.1. The summed E-state index contributed by atoms with van der Waals surface area (Å²) in [5, 5.41) is 7.79. The summed E-state index contributed by atoms with van der Waals surface area (Å²) in [5.41, 5.74) is 20.4. The van der Waals surface area contributed by atoms with Crippen LogP contribution in [0.4, 0.5) is 0 Å². The van der Waals surface area contributed by atoms with Gasteiger partial charge in [0, 0.05) is 16.7 Å². The number of benzene rings is 9. The Hall–Kier alpha value is -7.29. The second kappa shape index (κ2) is 12.4. The van der Waals surface area contributed by atoms with Crippen molar-refractivity contribution in [2.75, 3.05) is 0 Å². The quantitative estimate of drug-likeness (QED) is 0.163. The Morgan fingerprint density at radius 1 is 0.500 bits per heavy atom. The Morgan fingerprint density at radius 3 is 2.00 bits per heavy atom. The van der Waals surface area contributed by atoms with Crippen LogP contribution in [0.25, 0.3) is 111 Å². The average Bonchev–Trinajstić information content (AvgIpc) is 3.92. The van der Waals surface area contributed by atoms with Gasteiger partial charge in [0.2, 0.25) is 0 Å². The minimum Gasteiger partial charge on any atom is -0.292 e. The van der Waals surface area contributed by atoms with Crippen LogP contribution >= 0.6 is 0 Å². The molecule has 282 valence electrons. The molecule has 0 aliphatic heterocycles. The average molecular weight is 765 g/mol. The topological polar surface area (TPSA) is 17.8 Å². The molecule has 0 fully saturated rings. The summed E-state index contributed by atoms with van der Waals surface area (Å²) < 4.78 is 2.31. The number of nitrogens with zero attached hydrogens (tertiary/aromatic N) is 2. The third kappa shape index (κ3) is 4.56. The first-order chi connectivity index (χ1) is 29.5. The van der Waals surface area contributed by atoms with E-state index in [2.05, 4.69) is 200 Å². The van der Waals surface area contributed by atoms with E-state index in [-0.39, 0.29) is 5.41 Å². The van der Waals surface area contributed by atoms with Crippen molar-refractivity contribution in [1.29, 1.82) is 0 Å². The molecule has 3 aliphatic rings. The molecule has 1 heterocycles. The van der Waals surface area contributed by atoms with E-state index in [1.165, 1.54) is 99.1 Å². The van der Waals surface area contributed by atoms with Crippen molar-refractivity contribution >= 4 is 48.9 Å². The highest BCUT2D eigenvalue weighted by Crippen LogP contribution is 2.56. The zero-order chi connectivity index (χ0) is 39.7. The van der Waals surface area contributed by atoms with E-state index in [1.54, 1.807) is 0 Å². The molecule has 0 atom stereocenters. The van der Waals surface area contributed by atoms with Gasteiger partial charge in [-0.3, -0.25) is 4.57 Å². The van der Waals surface area contributed by atoms with E-state index >= 15 is 0 Å². The van der Waals surface area contributed by atoms with Crippen LogP contribution < -0.4 is 0 Å². The van der Waals surface area contributed by atoms with Crippen molar-refractivity contribution in [2.24, 2.45) is 0 Å². The van der Waals surface area contributed by atoms with Gasteiger partial charge < -0.3 is 0 Å². The molecule has 2 heteroatoms. The zero-order valence-corrected chi connectivity index (χ0v) is 33.6. The molecule has 13 rings (SSSR count). The monoisotopic (exact) mass is 764 g/mol. The van der Waals surface area contributed by atoms with Crippen molar-refractivity contribution in [3.05, 3.63) is 199 Å². The van der Waals surface area contributed by atoms with Gasteiger partial charge in [0.05, 0.1) is 11.0 Å². The van der Waals surface area contributed by atoms with Gasteiger partial charge >= 0.3 is 0 Å². The van der Waals surface area contributed by atoms with Gasteiger partial charge in [-0.1, -0.05) is 153 Å². The fourth-order valence-corrected chi connectivity index (χ4v) is 11.2. The van der Waals surface area contributed by atoms with Crippen LogP contribution in [0, 0.1) is 0 Å². The van der Waals surface area contributed by atoms with Gasteiger partial charge in [-0.15, -0.1) is 0 Å². The molecule has 0 unspecified atom stereocenters. The number of imidazole rings is 1. The number of hydrogen-bond donors (Lipinski definition) is 0. The van der Waals surface area contributed by atoms with Crippen molar-refractivity contribution in [2.45, 2.75) is 32.1 Å². The van der Waals surface area contributed by atoms with E-state index in [0.717, 1.165) is 41.0 Å². The van der Waals surface area contributed by atoms with Gasteiger partial charge in [-0.25, -0.2) is 4.98 Å². The lowest BCUT2D eigenvalue weighted by Crippen LogP contribution is -2.16. The van der Waals surface area contributed by atoms with Crippen LogP contribution in [0.2, 0.25) is 0 Å². The lowest BCUT2D eigenvalue weighted by atomic mass is 9.78. The molecule has 0 bridgehead atoms. The van der Waals surface area contributed by atoms with E-state index in [0.29, 0.717) is 0 Å². The van der Waals surface area contributed by atoms with E-state index < -0.39 is 0 Å². The number of hydrogen-bond acceptors (Lipinski definition) is 1. The Labute approximate surface area is 349 Å². The fourth-order valence-electron chi connectivity index (χ4n) is 11.2. The second-order valence-electron chi connectivity index (χ2n) is 17.3. The zero-order valence-electron chi connectivity index (χ0n) is 33.6. The van der Waals surface area contributed by atoms with Gasteiger partial charge in [0.1, 0.15) is 5.82 Å². The molecule has 3 aliphatic carbocycles. The summed E-state index contributed by atoms with van der Waals surface area (Å²) in [6.45, 7) is 4.85. The predicted octanol–water partition coefficient (Wildman–Crippen LogP) is 15.5. The van der Waals surface area contributed by atoms with Gasteiger partial charge in [-0.2, -0.15) is 0 Å². The predicted molar refractivity (Wildman–Crippen MR) is 253 cm³/mol. The second-order valence-corrected chi connectivity index (χ2v) is 17.3. The Morgan fingerprint density at radius 2 is 1.15 bits per heavy atom. The van der Waals surface area contributed by atoms with Crippen molar-refractivity contribution in [1.82, 2.24) is 9.55 Å². The summed E-state index contributed by atoms with van der Waals surface area (Å²) in [6.07, 6.45) is 6.94. The van der Waals surface area contributed by atoms with Gasteiger partial charge in [0.25, 0.3) is 0 Å². The van der Waals surface area contributed by atoms with Crippen molar-refractivity contribution in [3.8, 4) is 61.6 Å². The normalized spacial score (nSPS) is 14.7. The Balaban J connectivity index is 1.13. The molecular formula is C58H40N2. The number of allylic oxidation sites excluding steroid dienone is 4. The molecule has 0 saturated heterocycles. The third-order valence-corrected chi connectivity index (χ3v) is 13.8. The van der Waals surface area contributed by atoms with E-state index in [1.807, 2.05) is 0 Å². The van der Waals surface area contributed by atoms with Crippen LogP contribution in [-0.4, -0.2) is 9.55 Å². The molecule has 2 nitrogen and oxygen atoms in total. The Bertz CT molecular complexity index is 3530. The molecular weight excluding hydrogens is 725 g/mol. The first-order valence-corrected chi connectivity index (χ1v) is 21.3. The molecule has 0 saturated carbocycles. The first-order valence-electron chi connectivity index (χ1n) is 21.3. The maximum absolute atomic E-state index is 5.29. The minimum absolute atomic E-state index is 0.102. The fraction of sp³-hybridized carbons (Fsp3) is 0.0862. The number of fused-ring (bicyclic) bond motifs is 8. The largest absolute Gasteiger partial charge is 0.292 e.